The van der Waals surface area contributed by atoms with Gasteiger partial charge in [-0.15, -0.1) is 0 Å². The fraction of sp³-hybridized carbons (Fsp3) is 0.917. The number of rotatable bonds is 3. The molecule has 2 heteroatoms. The number of nitrogens with zero attached hydrogens (tertiary/aromatic N) is 1. The van der Waals surface area contributed by atoms with Crippen LogP contribution in [0.3, 0.4) is 0 Å². The molecule has 2 atom stereocenters. The molecule has 0 aromatic heterocycles. The molecule has 0 radical (unpaired) electrons. The minimum atomic E-state index is 0.540. The molecule has 0 amide bonds. The van der Waals surface area contributed by atoms with Crippen LogP contribution in [0, 0.1) is 17.2 Å². The highest BCUT2D eigenvalue weighted by molar-refractivity contribution is 5.81. The lowest BCUT2D eigenvalue weighted by Gasteiger charge is -2.32. The predicted octanol–water partition coefficient (Wildman–Crippen LogP) is 3.13. The van der Waals surface area contributed by atoms with E-state index in [1.165, 1.54) is 25.7 Å². The third-order valence-electron chi connectivity index (χ3n) is 3.43. The number of nitrogens with one attached hydrogen (secondary N) is 1. The van der Waals surface area contributed by atoms with Crippen molar-refractivity contribution in [3.63, 3.8) is 0 Å². The van der Waals surface area contributed by atoms with E-state index in [9.17, 15) is 0 Å². The average molecular weight is 196 g/mol. The first kappa shape index (κ1) is 11.5. The van der Waals surface area contributed by atoms with Gasteiger partial charge in [-0.3, -0.25) is 5.41 Å². The molecule has 0 aliphatic heterocycles. The Balaban J connectivity index is 2.50. The standard InChI is InChI=1S/C12H24N2/c1-4-14(5-2)12(13)11-8-6-7-10(3)9-11/h10-11,13H,4-9H2,1-3H3. The minimum Gasteiger partial charge on any atom is -0.361 e. The van der Waals surface area contributed by atoms with Crippen LogP contribution in [0.1, 0.15) is 46.5 Å². The highest BCUT2D eigenvalue weighted by Gasteiger charge is 2.24. The molecule has 1 saturated carbocycles. The maximum absolute atomic E-state index is 8.16. The van der Waals surface area contributed by atoms with Gasteiger partial charge < -0.3 is 4.90 Å². The van der Waals surface area contributed by atoms with Crippen molar-refractivity contribution >= 4 is 5.84 Å². The Kier molecular flexibility index (Phi) is 4.43. The molecule has 2 nitrogen and oxygen atoms in total. The molecule has 1 N–H and O–H groups in total. The third kappa shape index (κ3) is 2.73. The van der Waals surface area contributed by atoms with Crippen molar-refractivity contribution in [3.05, 3.63) is 0 Å². The summed E-state index contributed by atoms with van der Waals surface area (Å²) in [5, 5.41) is 8.16. The molecule has 0 aromatic rings. The molecule has 0 bridgehead atoms. The average Bonchev–Trinajstić information content (AvgIpc) is 2.19. The van der Waals surface area contributed by atoms with E-state index in [4.69, 9.17) is 5.41 Å². The summed E-state index contributed by atoms with van der Waals surface area (Å²) < 4.78 is 0. The van der Waals surface area contributed by atoms with Gasteiger partial charge in [0.1, 0.15) is 0 Å². The second-order valence-electron chi connectivity index (χ2n) is 4.53. The molecule has 82 valence electrons. The zero-order valence-electron chi connectivity index (χ0n) is 9.84. The zero-order chi connectivity index (χ0) is 10.6. The Morgan fingerprint density at radius 1 is 1.29 bits per heavy atom. The monoisotopic (exact) mass is 196 g/mol. The first-order chi connectivity index (χ1) is 6.69. The molecular weight excluding hydrogens is 172 g/mol. The quantitative estimate of drug-likeness (QED) is 0.545. The van der Waals surface area contributed by atoms with Gasteiger partial charge in [-0.25, -0.2) is 0 Å². The lowest BCUT2D eigenvalue weighted by Crippen LogP contribution is -2.37. The van der Waals surface area contributed by atoms with Crippen LogP contribution in [-0.4, -0.2) is 23.8 Å². The Bertz CT molecular complexity index is 185. The van der Waals surface area contributed by atoms with E-state index < -0.39 is 0 Å². The topological polar surface area (TPSA) is 27.1 Å². The van der Waals surface area contributed by atoms with Crippen molar-refractivity contribution in [3.8, 4) is 0 Å². The maximum atomic E-state index is 8.16. The second-order valence-corrected chi connectivity index (χ2v) is 4.53. The van der Waals surface area contributed by atoms with Gasteiger partial charge in [0.2, 0.25) is 0 Å². The third-order valence-corrected chi connectivity index (χ3v) is 3.43. The van der Waals surface area contributed by atoms with Gasteiger partial charge in [-0.05, 0) is 32.6 Å². The molecule has 0 saturated heterocycles. The summed E-state index contributed by atoms with van der Waals surface area (Å²) in [4.78, 5) is 2.20. The van der Waals surface area contributed by atoms with Crippen LogP contribution >= 0.6 is 0 Å². The molecule has 1 aliphatic rings. The summed E-state index contributed by atoms with van der Waals surface area (Å²) in [5.41, 5.74) is 0. The van der Waals surface area contributed by atoms with Crippen molar-refractivity contribution in [1.82, 2.24) is 4.90 Å². The minimum absolute atomic E-state index is 0.540. The van der Waals surface area contributed by atoms with E-state index in [1.807, 2.05) is 0 Å². The van der Waals surface area contributed by atoms with E-state index in [1.54, 1.807) is 0 Å². The molecule has 2 unspecified atom stereocenters. The van der Waals surface area contributed by atoms with Crippen LogP contribution in [0.4, 0.5) is 0 Å². The van der Waals surface area contributed by atoms with Crippen molar-refractivity contribution in [2.75, 3.05) is 13.1 Å². The van der Waals surface area contributed by atoms with Crippen LogP contribution in [0.15, 0.2) is 0 Å². The lowest BCUT2D eigenvalue weighted by atomic mass is 9.81. The normalized spacial score (nSPS) is 27.4. The van der Waals surface area contributed by atoms with Crippen LogP contribution in [-0.2, 0) is 0 Å². The Labute approximate surface area is 88.2 Å². The largest absolute Gasteiger partial charge is 0.361 e. The number of hydrogen-bond acceptors (Lipinski definition) is 1. The van der Waals surface area contributed by atoms with Gasteiger partial charge in [0, 0.05) is 19.0 Å². The van der Waals surface area contributed by atoms with Gasteiger partial charge in [0.15, 0.2) is 0 Å². The van der Waals surface area contributed by atoms with E-state index in [2.05, 4.69) is 25.7 Å². The first-order valence-electron chi connectivity index (χ1n) is 6.02. The highest BCUT2D eigenvalue weighted by Crippen LogP contribution is 2.29. The maximum Gasteiger partial charge on any atom is 0.0989 e. The molecule has 0 aromatic carbocycles. The molecular formula is C12H24N2. The SMILES string of the molecule is CCN(CC)C(=N)C1CCCC(C)C1. The molecule has 1 rings (SSSR count). The van der Waals surface area contributed by atoms with E-state index in [0.29, 0.717) is 5.92 Å². The van der Waals surface area contributed by atoms with E-state index in [0.717, 1.165) is 24.8 Å². The van der Waals surface area contributed by atoms with Crippen molar-refractivity contribution in [2.45, 2.75) is 46.5 Å². The van der Waals surface area contributed by atoms with Gasteiger partial charge in [-0.2, -0.15) is 0 Å². The Hall–Kier alpha value is -0.530. The summed E-state index contributed by atoms with van der Waals surface area (Å²) >= 11 is 0. The molecule has 1 fully saturated rings. The smallest absolute Gasteiger partial charge is 0.0989 e. The molecule has 1 aliphatic carbocycles. The van der Waals surface area contributed by atoms with Crippen molar-refractivity contribution in [1.29, 1.82) is 5.41 Å². The molecule has 0 heterocycles. The van der Waals surface area contributed by atoms with Gasteiger partial charge in [0.05, 0.1) is 5.84 Å². The molecule has 14 heavy (non-hydrogen) atoms. The van der Waals surface area contributed by atoms with Gasteiger partial charge in [0.25, 0.3) is 0 Å². The highest BCUT2D eigenvalue weighted by atomic mass is 15.2. The fourth-order valence-electron chi connectivity index (χ4n) is 2.50. The van der Waals surface area contributed by atoms with Crippen LogP contribution in [0.2, 0.25) is 0 Å². The Morgan fingerprint density at radius 2 is 1.93 bits per heavy atom. The van der Waals surface area contributed by atoms with Crippen molar-refractivity contribution in [2.24, 2.45) is 11.8 Å². The second kappa shape index (κ2) is 5.38. The van der Waals surface area contributed by atoms with Gasteiger partial charge >= 0.3 is 0 Å². The van der Waals surface area contributed by atoms with E-state index >= 15 is 0 Å². The van der Waals surface area contributed by atoms with E-state index in [-0.39, 0.29) is 0 Å². The zero-order valence-corrected chi connectivity index (χ0v) is 9.84. The summed E-state index contributed by atoms with van der Waals surface area (Å²) in [7, 11) is 0. The van der Waals surface area contributed by atoms with Crippen LogP contribution in [0.25, 0.3) is 0 Å². The van der Waals surface area contributed by atoms with Crippen LogP contribution in [0.5, 0.6) is 0 Å². The summed E-state index contributed by atoms with van der Waals surface area (Å²) in [6.45, 7) is 8.58. The van der Waals surface area contributed by atoms with Crippen LogP contribution < -0.4 is 0 Å². The summed E-state index contributed by atoms with van der Waals surface area (Å²) in [6.07, 6.45) is 5.15. The number of amidine groups is 1. The number of hydrogen-bond donors (Lipinski definition) is 1. The fourth-order valence-corrected chi connectivity index (χ4v) is 2.50. The lowest BCUT2D eigenvalue weighted by molar-refractivity contribution is 0.310. The first-order valence-corrected chi connectivity index (χ1v) is 6.02. The van der Waals surface area contributed by atoms with Crippen molar-refractivity contribution < 1.29 is 0 Å². The predicted molar refractivity (Wildman–Crippen MR) is 61.8 cm³/mol. The summed E-state index contributed by atoms with van der Waals surface area (Å²) in [6, 6.07) is 0. The molecule has 0 spiro atoms. The Morgan fingerprint density at radius 3 is 2.43 bits per heavy atom. The summed E-state index contributed by atoms with van der Waals surface area (Å²) in [5.74, 6) is 2.25. The van der Waals surface area contributed by atoms with Gasteiger partial charge in [-0.1, -0.05) is 19.8 Å².